The Morgan fingerprint density at radius 2 is 2.30 bits per heavy atom. The summed E-state index contributed by atoms with van der Waals surface area (Å²) < 4.78 is 10.7. The van der Waals surface area contributed by atoms with Crippen LogP contribution in [-0.2, 0) is 6.42 Å². The van der Waals surface area contributed by atoms with E-state index in [4.69, 9.17) is 9.26 Å². The first kappa shape index (κ1) is 13.1. The number of nitrogens with zero attached hydrogens (tertiary/aromatic N) is 2. The Morgan fingerprint density at radius 1 is 1.40 bits per heavy atom. The minimum atomic E-state index is 0.529. The van der Waals surface area contributed by atoms with Crippen molar-refractivity contribution in [3.05, 3.63) is 30.1 Å². The summed E-state index contributed by atoms with van der Waals surface area (Å²) in [6.07, 6.45) is 3.32. The SMILES string of the molecule is COc1ccccc1-c1nc(CC2CCCNC2)no1. The summed E-state index contributed by atoms with van der Waals surface area (Å²) in [6.45, 7) is 2.16. The molecule has 2 aromatic rings. The van der Waals surface area contributed by atoms with E-state index in [0.29, 0.717) is 11.8 Å². The number of para-hydroxylation sites is 1. The Labute approximate surface area is 118 Å². The third-order valence-electron chi connectivity index (χ3n) is 3.68. The zero-order valence-electron chi connectivity index (χ0n) is 11.6. The van der Waals surface area contributed by atoms with Crippen LogP contribution in [0.15, 0.2) is 28.8 Å². The number of piperidine rings is 1. The lowest BCUT2D eigenvalue weighted by Crippen LogP contribution is -2.31. The maximum absolute atomic E-state index is 5.37. The molecule has 5 heteroatoms. The molecule has 2 heterocycles. The molecular formula is C15H19N3O2. The summed E-state index contributed by atoms with van der Waals surface area (Å²) in [7, 11) is 1.64. The van der Waals surface area contributed by atoms with Crippen LogP contribution in [-0.4, -0.2) is 30.3 Å². The van der Waals surface area contributed by atoms with E-state index in [1.54, 1.807) is 7.11 Å². The van der Waals surface area contributed by atoms with Gasteiger partial charge < -0.3 is 14.6 Å². The second-order valence-electron chi connectivity index (χ2n) is 5.13. The molecule has 106 valence electrons. The highest BCUT2D eigenvalue weighted by atomic mass is 16.5. The van der Waals surface area contributed by atoms with Crippen molar-refractivity contribution >= 4 is 0 Å². The number of hydrogen-bond donors (Lipinski definition) is 1. The number of aromatic nitrogens is 2. The molecule has 1 aromatic carbocycles. The molecule has 1 aliphatic heterocycles. The van der Waals surface area contributed by atoms with Crippen molar-refractivity contribution in [1.29, 1.82) is 0 Å². The topological polar surface area (TPSA) is 60.2 Å². The number of hydrogen-bond acceptors (Lipinski definition) is 5. The van der Waals surface area contributed by atoms with Gasteiger partial charge >= 0.3 is 0 Å². The molecule has 0 amide bonds. The third-order valence-corrected chi connectivity index (χ3v) is 3.68. The van der Waals surface area contributed by atoms with Gasteiger partial charge in [0, 0.05) is 6.42 Å². The van der Waals surface area contributed by atoms with Gasteiger partial charge in [0.2, 0.25) is 0 Å². The van der Waals surface area contributed by atoms with Crippen molar-refractivity contribution in [1.82, 2.24) is 15.5 Å². The van der Waals surface area contributed by atoms with Crippen LogP contribution in [0.3, 0.4) is 0 Å². The average molecular weight is 273 g/mol. The third kappa shape index (κ3) is 2.82. The van der Waals surface area contributed by atoms with Gasteiger partial charge in [-0.3, -0.25) is 0 Å². The zero-order chi connectivity index (χ0) is 13.8. The molecule has 1 fully saturated rings. The van der Waals surface area contributed by atoms with E-state index in [2.05, 4.69) is 15.5 Å². The number of ether oxygens (including phenoxy) is 1. The van der Waals surface area contributed by atoms with E-state index in [1.165, 1.54) is 12.8 Å². The molecule has 1 aliphatic rings. The molecule has 0 aliphatic carbocycles. The first-order valence-corrected chi connectivity index (χ1v) is 7.03. The summed E-state index contributed by atoms with van der Waals surface area (Å²) in [5.41, 5.74) is 0.843. The van der Waals surface area contributed by atoms with Crippen LogP contribution in [0.25, 0.3) is 11.5 Å². The molecule has 1 saturated heterocycles. The van der Waals surface area contributed by atoms with Crippen LogP contribution >= 0.6 is 0 Å². The summed E-state index contributed by atoms with van der Waals surface area (Å²) in [5, 5.41) is 7.50. The van der Waals surface area contributed by atoms with Gasteiger partial charge in [0.15, 0.2) is 5.82 Å². The largest absolute Gasteiger partial charge is 0.496 e. The molecule has 1 N–H and O–H groups in total. The second-order valence-corrected chi connectivity index (χ2v) is 5.13. The van der Waals surface area contributed by atoms with E-state index >= 15 is 0 Å². The summed E-state index contributed by atoms with van der Waals surface area (Å²) in [4.78, 5) is 4.50. The molecule has 3 rings (SSSR count). The lowest BCUT2D eigenvalue weighted by atomic mass is 9.96. The summed E-state index contributed by atoms with van der Waals surface area (Å²) >= 11 is 0. The monoisotopic (exact) mass is 273 g/mol. The Kier molecular flexibility index (Phi) is 3.97. The highest BCUT2D eigenvalue weighted by molar-refractivity contribution is 5.62. The van der Waals surface area contributed by atoms with Gasteiger partial charge in [0.1, 0.15) is 5.75 Å². The number of nitrogens with one attached hydrogen (secondary N) is 1. The van der Waals surface area contributed by atoms with Crippen LogP contribution in [0.4, 0.5) is 0 Å². The number of methoxy groups -OCH3 is 1. The van der Waals surface area contributed by atoms with Crippen molar-refractivity contribution in [3.63, 3.8) is 0 Å². The van der Waals surface area contributed by atoms with E-state index in [9.17, 15) is 0 Å². The molecule has 20 heavy (non-hydrogen) atoms. The van der Waals surface area contributed by atoms with Crippen molar-refractivity contribution in [2.45, 2.75) is 19.3 Å². The van der Waals surface area contributed by atoms with Gasteiger partial charge in [-0.15, -0.1) is 0 Å². The van der Waals surface area contributed by atoms with Gasteiger partial charge in [-0.05, 0) is 44.0 Å². The second kappa shape index (κ2) is 6.05. The Hall–Kier alpha value is -1.88. The molecule has 0 radical (unpaired) electrons. The fourth-order valence-electron chi connectivity index (χ4n) is 2.62. The molecule has 1 atom stereocenters. The lowest BCUT2D eigenvalue weighted by Gasteiger charge is -2.20. The van der Waals surface area contributed by atoms with Crippen molar-refractivity contribution in [3.8, 4) is 17.2 Å². The van der Waals surface area contributed by atoms with Gasteiger partial charge in [-0.25, -0.2) is 0 Å². The van der Waals surface area contributed by atoms with Gasteiger partial charge in [0.05, 0.1) is 12.7 Å². The minimum absolute atomic E-state index is 0.529. The van der Waals surface area contributed by atoms with Gasteiger partial charge in [-0.1, -0.05) is 17.3 Å². The van der Waals surface area contributed by atoms with Crippen LogP contribution in [0.1, 0.15) is 18.7 Å². The molecule has 0 spiro atoms. The number of benzene rings is 1. The fraction of sp³-hybridized carbons (Fsp3) is 0.467. The molecule has 1 aromatic heterocycles. The van der Waals surface area contributed by atoms with Crippen molar-refractivity contribution in [2.24, 2.45) is 5.92 Å². The quantitative estimate of drug-likeness (QED) is 0.926. The van der Waals surface area contributed by atoms with Crippen LogP contribution in [0.5, 0.6) is 5.75 Å². The standard InChI is InChI=1S/C15H19N3O2/c1-19-13-7-3-2-6-12(13)15-17-14(18-20-15)9-11-5-4-8-16-10-11/h2-3,6-7,11,16H,4-5,8-10H2,1H3. The molecule has 0 bridgehead atoms. The van der Waals surface area contributed by atoms with Crippen LogP contribution in [0.2, 0.25) is 0 Å². The fourth-order valence-corrected chi connectivity index (χ4v) is 2.62. The first-order chi connectivity index (χ1) is 9.86. The zero-order valence-corrected chi connectivity index (χ0v) is 11.6. The molecule has 0 saturated carbocycles. The predicted molar refractivity (Wildman–Crippen MR) is 75.6 cm³/mol. The minimum Gasteiger partial charge on any atom is -0.496 e. The Morgan fingerprint density at radius 3 is 3.10 bits per heavy atom. The summed E-state index contributed by atoms with van der Waals surface area (Å²) in [5.74, 6) is 2.66. The van der Waals surface area contributed by atoms with Gasteiger partial charge in [-0.2, -0.15) is 4.98 Å². The molecule has 1 unspecified atom stereocenters. The first-order valence-electron chi connectivity index (χ1n) is 7.03. The van der Waals surface area contributed by atoms with E-state index in [1.807, 2.05) is 24.3 Å². The number of rotatable bonds is 4. The highest BCUT2D eigenvalue weighted by Crippen LogP contribution is 2.28. The predicted octanol–water partition coefficient (Wildman–Crippen LogP) is 2.29. The molecular weight excluding hydrogens is 254 g/mol. The smallest absolute Gasteiger partial charge is 0.261 e. The Balaban J connectivity index is 1.75. The summed E-state index contributed by atoms with van der Waals surface area (Å²) in [6, 6.07) is 7.68. The highest BCUT2D eigenvalue weighted by Gasteiger charge is 2.18. The van der Waals surface area contributed by atoms with E-state index < -0.39 is 0 Å². The Bertz CT molecular complexity index is 562. The van der Waals surface area contributed by atoms with Gasteiger partial charge in [0.25, 0.3) is 5.89 Å². The van der Waals surface area contributed by atoms with Crippen LogP contribution in [0, 0.1) is 5.92 Å². The van der Waals surface area contributed by atoms with E-state index in [-0.39, 0.29) is 0 Å². The van der Waals surface area contributed by atoms with E-state index in [0.717, 1.165) is 36.6 Å². The average Bonchev–Trinajstić information content (AvgIpc) is 2.96. The van der Waals surface area contributed by atoms with Crippen molar-refractivity contribution < 1.29 is 9.26 Å². The normalized spacial score (nSPS) is 18.9. The lowest BCUT2D eigenvalue weighted by molar-refractivity contribution is 0.359. The maximum atomic E-state index is 5.37. The molecule has 5 nitrogen and oxygen atoms in total. The maximum Gasteiger partial charge on any atom is 0.261 e. The van der Waals surface area contributed by atoms with Crippen molar-refractivity contribution in [2.75, 3.05) is 20.2 Å². The van der Waals surface area contributed by atoms with Crippen LogP contribution < -0.4 is 10.1 Å².